The summed E-state index contributed by atoms with van der Waals surface area (Å²) in [5.41, 5.74) is 9.85. The molecule has 0 spiro atoms. The molecule has 0 aliphatic heterocycles. The SMILES string of the molecule is CC1(C)c2ccccc2-c2ccc(N(c3cc(Br)cc(N(c4ccc5ccccc5c4)c4cccs4)c3)c3cccs3)cc21. The van der Waals surface area contributed by atoms with Gasteiger partial charge in [-0.2, -0.15) is 0 Å². The first-order chi connectivity index (χ1) is 21.5. The minimum Gasteiger partial charge on any atom is -0.302 e. The van der Waals surface area contributed by atoms with Crippen molar-refractivity contribution < 1.29 is 0 Å². The zero-order chi connectivity index (χ0) is 29.8. The molecule has 5 heteroatoms. The molecule has 0 bridgehead atoms. The van der Waals surface area contributed by atoms with Crippen LogP contribution in [0.15, 0.2) is 143 Å². The molecule has 0 saturated heterocycles. The van der Waals surface area contributed by atoms with E-state index >= 15 is 0 Å². The van der Waals surface area contributed by atoms with E-state index in [-0.39, 0.29) is 5.41 Å². The summed E-state index contributed by atoms with van der Waals surface area (Å²) in [6.07, 6.45) is 0. The molecule has 0 saturated carbocycles. The zero-order valence-corrected chi connectivity index (χ0v) is 27.6. The average molecular weight is 670 g/mol. The first-order valence-corrected chi connectivity index (χ1v) is 17.2. The van der Waals surface area contributed by atoms with Gasteiger partial charge in [0.15, 0.2) is 0 Å². The van der Waals surface area contributed by atoms with E-state index in [4.69, 9.17) is 0 Å². The number of anilines is 6. The van der Waals surface area contributed by atoms with Crippen molar-refractivity contribution in [1.82, 2.24) is 0 Å². The smallest absolute Gasteiger partial charge is 0.0999 e. The highest BCUT2D eigenvalue weighted by Gasteiger charge is 2.35. The van der Waals surface area contributed by atoms with Crippen molar-refractivity contribution in [3.63, 3.8) is 0 Å². The zero-order valence-electron chi connectivity index (χ0n) is 24.4. The maximum absolute atomic E-state index is 3.90. The second kappa shape index (κ2) is 10.8. The molecule has 0 atom stereocenters. The van der Waals surface area contributed by atoms with E-state index in [1.54, 1.807) is 22.7 Å². The number of rotatable bonds is 6. The van der Waals surface area contributed by atoms with E-state index in [2.05, 4.69) is 178 Å². The van der Waals surface area contributed by atoms with Gasteiger partial charge in [0, 0.05) is 21.3 Å². The Morgan fingerprint density at radius 2 is 1.09 bits per heavy atom. The van der Waals surface area contributed by atoms with Gasteiger partial charge in [0.2, 0.25) is 0 Å². The van der Waals surface area contributed by atoms with Crippen LogP contribution in [0.25, 0.3) is 21.9 Å². The largest absolute Gasteiger partial charge is 0.302 e. The Kier molecular flexibility index (Phi) is 6.71. The molecule has 0 N–H and O–H groups in total. The molecule has 0 fully saturated rings. The molecular formula is C39H29BrN2S2. The summed E-state index contributed by atoms with van der Waals surface area (Å²) < 4.78 is 1.03. The molecule has 0 amide bonds. The number of thiophene rings is 2. The van der Waals surface area contributed by atoms with Gasteiger partial charge in [0.1, 0.15) is 0 Å². The number of hydrogen-bond acceptors (Lipinski definition) is 4. The highest BCUT2D eigenvalue weighted by atomic mass is 79.9. The van der Waals surface area contributed by atoms with Gasteiger partial charge in [0.05, 0.1) is 21.4 Å². The highest BCUT2D eigenvalue weighted by molar-refractivity contribution is 9.10. The first kappa shape index (κ1) is 27.4. The Bertz CT molecular complexity index is 2130. The fourth-order valence-electron chi connectivity index (χ4n) is 6.57. The van der Waals surface area contributed by atoms with Crippen LogP contribution in [0.5, 0.6) is 0 Å². The van der Waals surface area contributed by atoms with Crippen LogP contribution in [0.4, 0.5) is 32.8 Å². The number of hydrogen-bond donors (Lipinski definition) is 0. The van der Waals surface area contributed by atoms with E-state index in [0.29, 0.717) is 0 Å². The Morgan fingerprint density at radius 3 is 1.77 bits per heavy atom. The van der Waals surface area contributed by atoms with Crippen molar-refractivity contribution in [2.24, 2.45) is 0 Å². The van der Waals surface area contributed by atoms with E-state index in [1.165, 1.54) is 43.0 Å². The third-order valence-electron chi connectivity index (χ3n) is 8.65. The van der Waals surface area contributed by atoms with E-state index in [9.17, 15) is 0 Å². The predicted octanol–water partition coefficient (Wildman–Crippen LogP) is 13.0. The topological polar surface area (TPSA) is 6.48 Å². The van der Waals surface area contributed by atoms with Crippen molar-refractivity contribution in [2.45, 2.75) is 19.3 Å². The summed E-state index contributed by atoms with van der Waals surface area (Å²) in [6, 6.07) is 46.5. The Morgan fingerprint density at radius 1 is 0.500 bits per heavy atom. The highest BCUT2D eigenvalue weighted by Crippen LogP contribution is 2.51. The quantitative estimate of drug-likeness (QED) is 0.174. The number of halogens is 1. The van der Waals surface area contributed by atoms with Crippen molar-refractivity contribution in [2.75, 3.05) is 9.80 Å². The average Bonchev–Trinajstić information content (AvgIpc) is 3.80. The van der Waals surface area contributed by atoms with Gasteiger partial charge < -0.3 is 9.80 Å². The normalized spacial score (nSPS) is 13.1. The monoisotopic (exact) mass is 668 g/mol. The molecule has 8 rings (SSSR count). The van der Waals surface area contributed by atoms with Gasteiger partial charge in [-0.3, -0.25) is 0 Å². The fraction of sp³-hybridized carbons (Fsp3) is 0.0769. The second-order valence-corrected chi connectivity index (χ2v) is 14.4. The third-order valence-corrected chi connectivity index (χ3v) is 10.8. The maximum atomic E-state index is 3.90. The number of fused-ring (bicyclic) bond motifs is 4. The van der Waals surface area contributed by atoms with Crippen LogP contribution in [-0.2, 0) is 5.41 Å². The lowest BCUT2D eigenvalue weighted by molar-refractivity contribution is 0.660. The van der Waals surface area contributed by atoms with Crippen LogP contribution in [0, 0.1) is 0 Å². The molecule has 2 heterocycles. The van der Waals surface area contributed by atoms with Crippen molar-refractivity contribution >= 4 is 82.1 Å². The second-order valence-electron chi connectivity index (χ2n) is 11.7. The molecular weight excluding hydrogens is 640 g/mol. The molecule has 5 aromatic carbocycles. The summed E-state index contributed by atoms with van der Waals surface area (Å²) in [4.78, 5) is 4.76. The summed E-state index contributed by atoms with van der Waals surface area (Å²) in [5.74, 6) is 0. The van der Waals surface area contributed by atoms with Gasteiger partial charge >= 0.3 is 0 Å². The molecule has 1 aliphatic rings. The Labute approximate surface area is 274 Å². The predicted molar refractivity (Wildman–Crippen MR) is 194 cm³/mol. The molecule has 214 valence electrons. The molecule has 2 aromatic heterocycles. The van der Waals surface area contributed by atoms with Gasteiger partial charge in [-0.1, -0.05) is 90.4 Å². The fourth-order valence-corrected chi connectivity index (χ4v) is 8.57. The van der Waals surface area contributed by atoms with E-state index in [1.807, 2.05) is 0 Å². The van der Waals surface area contributed by atoms with Gasteiger partial charge in [-0.05, 0) is 111 Å². The third kappa shape index (κ3) is 4.58. The van der Waals surface area contributed by atoms with Crippen LogP contribution in [0.1, 0.15) is 25.0 Å². The number of nitrogens with zero attached hydrogens (tertiary/aromatic N) is 2. The standard InChI is InChI=1S/C39H29BrN2S2/c1-39(2)35-12-6-5-11-33(35)34-18-17-30(25-36(34)39)42(38-14-8-20-44-38)32-23-28(40)22-31(24-32)41(37-13-7-19-43-37)29-16-15-26-9-3-4-10-27(26)21-29/h3-25H,1-2H3. The summed E-state index contributed by atoms with van der Waals surface area (Å²) in [7, 11) is 0. The van der Waals surface area contributed by atoms with Crippen molar-refractivity contribution in [3.8, 4) is 11.1 Å². The lowest BCUT2D eigenvalue weighted by Crippen LogP contribution is -2.16. The summed E-state index contributed by atoms with van der Waals surface area (Å²) >= 11 is 7.40. The van der Waals surface area contributed by atoms with Crippen LogP contribution >= 0.6 is 38.6 Å². The molecule has 0 radical (unpaired) electrons. The Balaban J connectivity index is 1.29. The summed E-state index contributed by atoms with van der Waals surface area (Å²) in [5, 5.41) is 9.11. The minimum atomic E-state index is -0.0719. The van der Waals surface area contributed by atoms with E-state index in [0.717, 1.165) is 27.2 Å². The van der Waals surface area contributed by atoms with Crippen LogP contribution in [0.2, 0.25) is 0 Å². The van der Waals surface area contributed by atoms with Crippen molar-refractivity contribution in [3.05, 3.63) is 154 Å². The lowest BCUT2D eigenvalue weighted by Gasteiger charge is -2.29. The van der Waals surface area contributed by atoms with E-state index < -0.39 is 0 Å². The summed E-state index contributed by atoms with van der Waals surface area (Å²) in [6.45, 7) is 4.69. The molecule has 1 aliphatic carbocycles. The molecule has 0 unspecified atom stereocenters. The molecule has 44 heavy (non-hydrogen) atoms. The lowest BCUT2D eigenvalue weighted by atomic mass is 9.82. The maximum Gasteiger partial charge on any atom is 0.0999 e. The van der Waals surface area contributed by atoms with Gasteiger partial charge in [0.25, 0.3) is 0 Å². The van der Waals surface area contributed by atoms with Gasteiger partial charge in [-0.25, -0.2) is 0 Å². The van der Waals surface area contributed by atoms with Crippen molar-refractivity contribution in [1.29, 1.82) is 0 Å². The molecule has 2 nitrogen and oxygen atoms in total. The van der Waals surface area contributed by atoms with Gasteiger partial charge in [-0.15, -0.1) is 22.7 Å². The number of benzene rings is 5. The van der Waals surface area contributed by atoms with Crippen LogP contribution in [0.3, 0.4) is 0 Å². The Hall–Kier alpha value is -4.16. The van der Waals surface area contributed by atoms with Crippen LogP contribution < -0.4 is 9.80 Å². The minimum absolute atomic E-state index is 0.0719. The van der Waals surface area contributed by atoms with Crippen LogP contribution in [-0.4, -0.2) is 0 Å². The first-order valence-electron chi connectivity index (χ1n) is 14.7. The molecule has 7 aromatic rings.